The standard InChI is InChI=1S/C13H17N5O3/c1-8(2)18-11(6-9(3)15-18)14-12(19)7-17-5-4-10(16-17)13(20)21/h4-6,8H,7H2,1-3H3,(H,14,19)(H,20,21). The van der Waals surface area contributed by atoms with Gasteiger partial charge in [-0.1, -0.05) is 0 Å². The fourth-order valence-corrected chi connectivity index (χ4v) is 1.90. The van der Waals surface area contributed by atoms with Crippen LogP contribution in [0, 0.1) is 6.92 Å². The molecule has 2 rings (SSSR count). The molecule has 8 heteroatoms. The van der Waals surface area contributed by atoms with Crippen molar-refractivity contribution in [3.63, 3.8) is 0 Å². The van der Waals surface area contributed by atoms with Crippen molar-refractivity contribution in [2.24, 2.45) is 0 Å². The van der Waals surface area contributed by atoms with Crippen LogP contribution in [0.2, 0.25) is 0 Å². The van der Waals surface area contributed by atoms with Crippen molar-refractivity contribution in [2.45, 2.75) is 33.4 Å². The third-order valence-electron chi connectivity index (χ3n) is 2.78. The molecular formula is C13H17N5O3. The first-order chi connectivity index (χ1) is 9.86. The SMILES string of the molecule is Cc1cc(NC(=O)Cn2ccc(C(=O)O)n2)n(C(C)C)n1. The molecule has 2 aromatic rings. The number of hydrogen-bond acceptors (Lipinski definition) is 4. The summed E-state index contributed by atoms with van der Waals surface area (Å²) in [5, 5.41) is 19.6. The van der Waals surface area contributed by atoms with Crippen LogP contribution >= 0.6 is 0 Å². The van der Waals surface area contributed by atoms with Crippen molar-refractivity contribution in [2.75, 3.05) is 5.32 Å². The molecular weight excluding hydrogens is 274 g/mol. The van der Waals surface area contributed by atoms with Gasteiger partial charge in [0.1, 0.15) is 12.4 Å². The summed E-state index contributed by atoms with van der Waals surface area (Å²) in [4.78, 5) is 22.7. The molecule has 0 aliphatic heterocycles. The van der Waals surface area contributed by atoms with Gasteiger partial charge in [0, 0.05) is 18.3 Å². The number of nitrogens with one attached hydrogen (secondary N) is 1. The number of rotatable bonds is 5. The number of anilines is 1. The van der Waals surface area contributed by atoms with E-state index in [0.29, 0.717) is 5.82 Å². The van der Waals surface area contributed by atoms with Crippen LogP contribution in [0.4, 0.5) is 5.82 Å². The predicted molar refractivity (Wildman–Crippen MR) is 75.2 cm³/mol. The molecule has 1 amide bonds. The van der Waals surface area contributed by atoms with E-state index >= 15 is 0 Å². The van der Waals surface area contributed by atoms with Gasteiger partial charge in [-0.2, -0.15) is 10.2 Å². The molecule has 8 nitrogen and oxygen atoms in total. The largest absolute Gasteiger partial charge is 0.476 e. The van der Waals surface area contributed by atoms with Gasteiger partial charge in [0.2, 0.25) is 5.91 Å². The lowest BCUT2D eigenvalue weighted by molar-refractivity contribution is -0.117. The molecule has 0 saturated carbocycles. The van der Waals surface area contributed by atoms with E-state index in [1.165, 1.54) is 16.9 Å². The summed E-state index contributed by atoms with van der Waals surface area (Å²) in [6, 6.07) is 3.25. The molecule has 2 heterocycles. The van der Waals surface area contributed by atoms with Crippen molar-refractivity contribution in [3.05, 3.63) is 29.7 Å². The molecule has 0 atom stereocenters. The summed E-state index contributed by atoms with van der Waals surface area (Å²) in [7, 11) is 0. The Hall–Kier alpha value is -2.64. The van der Waals surface area contributed by atoms with Crippen LogP contribution < -0.4 is 5.32 Å². The normalized spacial score (nSPS) is 10.9. The van der Waals surface area contributed by atoms with E-state index in [0.717, 1.165) is 5.69 Å². The molecule has 21 heavy (non-hydrogen) atoms. The Morgan fingerprint density at radius 1 is 1.38 bits per heavy atom. The minimum absolute atomic E-state index is 0.0599. The van der Waals surface area contributed by atoms with Crippen LogP contribution in [0.3, 0.4) is 0 Å². The van der Waals surface area contributed by atoms with Gasteiger partial charge in [-0.3, -0.25) is 9.48 Å². The number of nitrogens with zero attached hydrogens (tertiary/aromatic N) is 4. The lowest BCUT2D eigenvalue weighted by atomic mass is 10.4. The summed E-state index contributed by atoms with van der Waals surface area (Å²) >= 11 is 0. The van der Waals surface area contributed by atoms with E-state index in [4.69, 9.17) is 5.11 Å². The molecule has 0 spiro atoms. The highest BCUT2D eigenvalue weighted by Gasteiger charge is 2.13. The first-order valence-electron chi connectivity index (χ1n) is 6.49. The molecule has 0 bridgehead atoms. The lowest BCUT2D eigenvalue weighted by Gasteiger charge is -2.11. The van der Waals surface area contributed by atoms with E-state index in [-0.39, 0.29) is 24.2 Å². The maximum atomic E-state index is 12.0. The molecule has 0 aromatic carbocycles. The quantitative estimate of drug-likeness (QED) is 0.864. The molecule has 0 aliphatic rings. The van der Waals surface area contributed by atoms with Crippen LogP contribution in [-0.2, 0) is 11.3 Å². The Kier molecular flexibility index (Phi) is 4.06. The number of amides is 1. The van der Waals surface area contributed by atoms with Crippen LogP contribution in [0.25, 0.3) is 0 Å². The third-order valence-corrected chi connectivity index (χ3v) is 2.78. The average Bonchev–Trinajstić information content (AvgIpc) is 2.96. The fraction of sp³-hybridized carbons (Fsp3) is 0.385. The zero-order valence-corrected chi connectivity index (χ0v) is 12.1. The number of hydrogen-bond donors (Lipinski definition) is 2. The first kappa shape index (κ1) is 14.8. The first-order valence-corrected chi connectivity index (χ1v) is 6.49. The number of carboxylic acids is 1. The molecule has 2 N–H and O–H groups in total. The Labute approximate surface area is 121 Å². The molecule has 0 fully saturated rings. The second-order valence-electron chi connectivity index (χ2n) is 4.96. The molecule has 112 valence electrons. The topological polar surface area (TPSA) is 102 Å². The average molecular weight is 291 g/mol. The van der Waals surface area contributed by atoms with E-state index in [9.17, 15) is 9.59 Å². The maximum Gasteiger partial charge on any atom is 0.356 e. The maximum absolute atomic E-state index is 12.0. The highest BCUT2D eigenvalue weighted by molar-refractivity contribution is 5.90. The van der Waals surface area contributed by atoms with Crippen molar-refractivity contribution < 1.29 is 14.7 Å². The molecule has 0 saturated heterocycles. The van der Waals surface area contributed by atoms with Crippen molar-refractivity contribution in [1.82, 2.24) is 19.6 Å². The fourth-order valence-electron chi connectivity index (χ4n) is 1.90. The Bertz CT molecular complexity index is 671. The zero-order chi connectivity index (χ0) is 15.6. The van der Waals surface area contributed by atoms with Gasteiger partial charge in [0.25, 0.3) is 0 Å². The summed E-state index contributed by atoms with van der Waals surface area (Å²) in [6.07, 6.45) is 1.45. The highest BCUT2D eigenvalue weighted by atomic mass is 16.4. The predicted octanol–water partition coefficient (Wildman–Crippen LogP) is 1.31. The van der Waals surface area contributed by atoms with Crippen molar-refractivity contribution in [3.8, 4) is 0 Å². The second-order valence-corrected chi connectivity index (χ2v) is 4.96. The number of carbonyl (C=O) groups excluding carboxylic acids is 1. The Morgan fingerprint density at radius 2 is 2.10 bits per heavy atom. The van der Waals surface area contributed by atoms with Gasteiger partial charge in [-0.05, 0) is 26.8 Å². The van der Waals surface area contributed by atoms with Gasteiger partial charge < -0.3 is 10.4 Å². The van der Waals surface area contributed by atoms with Gasteiger partial charge in [0.15, 0.2) is 5.69 Å². The smallest absolute Gasteiger partial charge is 0.356 e. The third kappa shape index (κ3) is 3.47. The summed E-state index contributed by atoms with van der Waals surface area (Å²) in [5.74, 6) is -0.808. The summed E-state index contributed by atoms with van der Waals surface area (Å²) < 4.78 is 3.00. The zero-order valence-electron chi connectivity index (χ0n) is 12.1. The number of aromatic carboxylic acids is 1. The van der Waals surface area contributed by atoms with Crippen molar-refractivity contribution in [1.29, 1.82) is 0 Å². The van der Waals surface area contributed by atoms with Gasteiger partial charge in [-0.15, -0.1) is 0 Å². The van der Waals surface area contributed by atoms with E-state index in [1.54, 1.807) is 10.7 Å². The second kappa shape index (κ2) is 5.78. The number of aryl methyl sites for hydroxylation is 1. The highest BCUT2D eigenvalue weighted by Crippen LogP contribution is 2.15. The molecule has 2 aromatic heterocycles. The van der Waals surface area contributed by atoms with Crippen LogP contribution in [0.15, 0.2) is 18.3 Å². The minimum atomic E-state index is -1.12. The molecule has 0 radical (unpaired) electrons. The van der Waals surface area contributed by atoms with Gasteiger partial charge in [-0.25, -0.2) is 9.48 Å². The van der Waals surface area contributed by atoms with E-state index in [2.05, 4.69) is 15.5 Å². The molecule has 0 aliphatic carbocycles. The van der Waals surface area contributed by atoms with E-state index in [1.807, 2.05) is 20.8 Å². The summed E-state index contributed by atoms with van der Waals surface area (Å²) in [6.45, 7) is 5.72. The Morgan fingerprint density at radius 3 is 2.67 bits per heavy atom. The van der Waals surface area contributed by atoms with Crippen molar-refractivity contribution >= 4 is 17.7 Å². The monoisotopic (exact) mass is 291 g/mol. The van der Waals surface area contributed by atoms with Crippen LogP contribution in [-0.4, -0.2) is 36.5 Å². The van der Waals surface area contributed by atoms with Crippen LogP contribution in [0.1, 0.15) is 36.1 Å². The number of aromatic nitrogens is 4. The number of carboxylic acid groups (broad SMARTS) is 1. The summed E-state index contributed by atoms with van der Waals surface area (Å²) in [5.41, 5.74) is 0.720. The lowest BCUT2D eigenvalue weighted by Crippen LogP contribution is -2.21. The minimum Gasteiger partial charge on any atom is -0.476 e. The molecule has 0 unspecified atom stereocenters. The van der Waals surface area contributed by atoms with Gasteiger partial charge in [0.05, 0.1) is 5.69 Å². The Balaban J connectivity index is 2.06. The van der Waals surface area contributed by atoms with Gasteiger partial charge >= 0.3 is 5.97 Å². The van der Waals surface area contributed by atoms with E-state index < -0.39 is 5.97 Å². The van der Waals surface area contributed by atoms with Crippen LogP contribution in [0.5, 0.6) is 0 Å². The number of carbonyl (C=O) groups is 2.